The summed E-state index contributed by atoms with van der Waals surface area (Å²) < 4.78 is 0. The smallest absolute Gasteiger partial charge is 0.127 e. The summed E-state index contributed by atoms with van der Waals surface area (Å²) in [5, 5.41) is 20.0. The summed E-state index contributed by atoms with van der Waals surface area (Å²) in [4.78, 5) is 0. The van der Waals surface area contributed by atoms with Gasteiger partial charge in [0.2, 0.25) is 0 Å². The normalized spacial score (nSPS) is 10.6. The SMILES string of the molecule is Cc1cccc(C#N)c1-c1c(C)ccc(C(C)C)c1O. The molecular weight excluding hydrogens is 246 g/mol. The Morgan fingerprint density at radius 1 is 1.00 bits per heavy atom. The molecule has 2 nitrogen and oxygen atoms in total. The Bertz CT molecular complexity index is 693. The van der Waals surface area contributed by atoms with Crippen LogP contribution in [-0.2, 0) is 0 Å². The molecule has 0 bridgehead atoms. The second kappa shape index (κ2) is 5.38. The van der Waals surface area contributed by atoms with Crippen molar-refractivity contribution in [3.05, 3.63) is 52.6 Å². The molecule has 0 saturated heterocycles. The highest BCUT2D eigenvalue weighted by molar-refractivity contribution is 5.81. The fourth-order valence-electron chi connectivity index (χ4n) is 2.58. The van der Waals surface area contributed by atoms with Crippen molar-refractivity contribution in [3.63, 3.8) is 0 Å². The number of nitriles is 1. The highest BCUT2D eigenvalue weighted by atomic mass is 16.3. The lowest BCUT2D eigenvalue weighted by molar-refractivity contribution is 0.466. The lowest BCUT2D eigenvalue weighted by atomic mass is 9.88. The van der Waals surface area contributed by atoms with Gasteiger partial charge in [0.15, 0.2) is 0 Å². The average Bonchev–Trinajstić information content (AvgIpc) is 2.39. The first-order valence-electron chi connectivity index (χ1n) is 6.80. The molecule has 0 amide bonds. The molecule has 0 atom stereocenters. The van der Waals surface area contributed by atoms with Gasteiger partial charge in [-0.1, -0.05) is 38.1 Å². The van der Waals surface area contributed by atoms with E-state index in [0.717, 1.165) is 27.8 Å². The topological polar surface area (TPSA) is 44.0 Å². The van der Waals surface area contributed by atoms with Crippen LogP contribution in [0.3, 0.4) is 0 Å². The van der Waals surface area contributed by atoms with E-state index < -0.39 is 0 Å². The van der Waals surface area contributed by atoms with E-state index >= 15 is 0 Å². The summed E-state index contributed by atoms with van der Waals surface area (Å²) in [6.45, 7) is 8.04. The number of hydrogen-bond donors (Lipinski definition) is 1. The van der Waals surface area contributed by atoms with Crippen molar-refractivity contribution >= 4 is 0 Å². The van der Waals surface area contributed by atoms with Crippen molar-refractivity contribution in [2.75, 3.05) is 0 Å². The van der Waals surface area contributed by atoms with Gasteiger partial charge in [0.1, 0.15) is 5.75 Å². The Labute approximate surface area is 120 Å². The van der Waals surface area contributed by atoms with Crippen molar-refractivity contribution in [3.8, 4) is 22.9 Å². The zero-order valence-electron chi connectivity index (χ0n) is 12.4. The molecule has 20 heavy (non-hydrogen) atoms. The first kappa shape index (κ1) is 14.1. The molecule has 2 rings (SSSR count). The van der Waals surface area contributed by atoms with Gasteiger partial charge >= 0.3 is 0 Å². The highest BCUT2D eigenvalue weighted by Gasteiger charge is 2.18. The van der Waals surface area contributed by atoms with E-state index in [1.165, 1.54) is 0 Å². The minimum absolute atomic E-state index is 0.240. The largest absolute Gasteiger partial charge is 0.507 e. The summed E-state index contributed by atoms with van der Waals surface area (Å²) in [6, 6.07) is 11.8. The molecule has 0 aliphatic carbocycles. The maximum atomic E-state index is 10.6. The van der Waals surface area contributed by atoms with Gasteiger partial charge in [0.25, 0.3) is 0 Å². The van der Waals surface area contributed by atoms with Crippen molar-refractivity contribution in [1.29, 1.82) is 5.26 Å². The molecule has 0 radical (unpaired) electrons. The molecule has 102 valence electrons. The number of hydrogen-bond acceptors (Lipinski definition) is 2. The number of aromatic hydroxyl groups is 1. The molecule has 0 heterocycles. The molecule has 0 aromatic heterocycles. The molecule has 0 fully saturated rings. The molecule has 2 aromatic carbocycles. The number of nitrogens with zero attached hydrogens (tertiary/aromatic N) is 1. The van der Waals surface area contributed by atoms with E-state index in [1.807, 2.05) is 38.1 Å². The Hall–Kier alpha value is -2.27. The van der Waals surface area contributed by atoms with Crippen LogP contribution in [0, 0.1) is 25.2 Å². The van der Waals surface area contributed by atoms with Crippen LogP contribution in [0.25, 0.3) is 11.1 Å². The third-order valence-corrected chi connectivity index (χ3v) is 3.68. The summed E-state index contributed by atoms with van der Waals surface area (Å²) in [5.41, 5.74) is 5.13. The van der Waals surface area contributed by atoms with Crippen LogP contribution in [0.1, 0.15) is 42.0 Å². The van der Waals surface area contributed by atoms with E-state index in [-0.39, 0.29) is 5.92 Å². The van der Waals surface area contributed by atoms with Gasteiger partial charge in [-0.15, -0.1) is 0 Å². The van der Waals surface area contributed by atoms with Crippen LogP contribution >= 0.6 is 0 Å². The molecule has 2 aromatic rings. The number of aryl methyl sites for hydroxylation is 2. The molecule has 1 N–H and O–H groups in total. The van der Waals surface area contributed by atoms with Gasteiger partial charge in [-0.25, -0.2) is 0 Å². The van der Waals surface area contributed by atoms with Gasteiger partial charge in [-0.2, -0.15) is 5.26 Å². The molecule has 2 heteroatoms. The molecule has 0 aliphatic heterocycles. The van der Waals surface area contributed by atoms with Crippen molar-refractivity contribution in [2.45, 2.75) is 33.6 Å². The summed E-state index contributed by atoms with van der Waals surface area (Å²) >= 11 is 0. The molecular formula is C18H19NO. The fraction of sp³-hybridized carbons (Fsp3) is 0.278. The van der Waals surface area contributed by atoms with Gasteiger partial charge in [-0.05, 0) is 42.5 Å². The second-order valence-electron chi connectivity index (χ2n) is 5.46. The second-order valence-corrected chi connectivity index (χ2v) is 5.46. The minimum Gasteiger partial charge on any atom is -0.507 e. The van der Waals surface area contributed by atoms with E-state index in [9.17, 15) is 10.4 Å². The predicted molar refractivity (Wildman–Crippen MR) is 81.8 cm³/mol. The maximum absolute atomic E-state index is 10.6. The Kier molecular flexibility index (Phi) is 3.81. The van der Waals surface area contributed by atoms with Gasteiger partial charge in [0.05, 0.1) is 11.6 Å². The first-order valence-corrected chi connectivity index (χ1v) is 6.80. The molecule has 0 saturated carbocycles. The van der Waals surface area contributed by atoms with E-state index in [4.69, 9.17) is 0 Å². The minimum atomic E-state index is 0.240. The van der Waals surface area contributed by atoms with Crippen molar-refractivity contribution in [1.82, 2.24) is 0 Å². The lowest BCUT2D eigenvalue weighted by Gasteiger charge is -2.17. The predicted octanol–water partition coefficient (Wildman–Crippen LogP) is 4.67. The summed E-state index contributed by atoms with van der Waals surface area (Å²) in [5.74, 6) is 0.537. The number of rotatable bonds is 2. The summed E-state index contributed by atoms with van der Waals surface area (Å²) in [7, 11) is 0. The standard InChI is InChI=1S/C18H19NO/c1-11(2)15-9-8-13(4)17(18(15)20)16-12(3)6-5-7-14(16)10-19/h5-9,11,20H,1-4H3. The Morgan fingerprint density at radius 3 is 2.25 bits per heavy atom. The molecule has 0 spiro atoms. The number of phenolic OH excluding ortho intramolecular Hbond substituents is 1. The zero-order valence-corrected chi connectivity index (χ0v) is 12.4. The number of benzene rings is 2. The molecule has 0 unspecified atom stereocenters. The van der Waals surface area contributed by atoms with Gasteiger partial charge in [0, 0.05) is 11.1 Å². The first-order chi connectivity index (χ1) is 9.47. The summed E-state index contributed by atoms with van der Waals surface area (Å²) in [6.07, 6.45) is 0. The third kappa shape index (κ3) is 2.28. The molecule has 0 aliphatic rings. The monoisotopic (exact) mass is 265 g/mol. The Morgan fingerprint density at radius 2 is 1.65 bits per heavy atom. The third-order valence-electron chi connectivity index (χ3n) is 3.68. The maximum Gasteiger partial charge on any atom is 0.127 e. The Balaban J connectivity index is 2.84. The van der Waals surface area contributed by atoms with Gasteiger partial charge in [-0.3, -0.25) is 0 Å². The number of phenols is 1. The van der Waals surface area contributed by atoms with Crippen LogP contribution in [0.4, 0.5) is 0 Å². The van der Waals surface area contributed by atoms with E-state index in [0.29, 0.717) is 11.3 Å². The van der Waals surface area contributed by atoms with E-state index in [1.54, 1.807) is 6.07 Å². The van der Waals surface area contributed by atoms with Crippen molar-refractivity contribution < 1.29 is 5.11 Å². The average molecular weight is 265 g/mol. The van der Waals surface area contributed by atoms with Crippen LogP contribution in [0.5, 0.6) is 5.75 Å². The van der Waals surface area contributed by atoms with Crippen LogP contribution in [0.2, 0.25) is 0 Å². The fourth-order valence-corrected chi connectivity index (χ4v) is 2.58. The van der Waals surface area contributed by atoms with Gasteiger partial charge < -0.3 is 5.11 Å². The van der Waals surface area contributed by atoms with Crippen LogP contribution in [0.15, 0.2) is 30.3 Å². The highest BCUT2D eigenvalue weighted by Crippen LogP contribution is 2.40. The lowest BCUT2D eigenvalue weighted by Crippen LogP contribution is -1.96. The zero-order chi connectivity index (χ0) is 14.9. The quantitative estimate of drug-likeness (QED) is 0.857. The van der Waals surface area contributed by atoms with Crippen LogP contribution < -0.4 is 0 Å². The van der Waals surface area contributed by atoms with Crippen LogP contribution in [-0.4, -0.2) is 5.11 Å². The van der Waals surface area contributed by atoms with Crippen molar-refractivity contribution in [2.24, 2.45) is 0 Å². The van der Waals surface area contributed by atoms with E-state index in [2.05, 4.69) is 19.9 Å².